The van der Waals surface area contributed by atoms with E-state index in [-0.39, 0.29) is 0 Å². The van der Waals surface area contributed by atoms with Gasteiger partial charge in [-0.05, 0) is 12.5 Å². The zero-order chi connectivity index (χ0) is 8.39. The van der Waals surface area contributed by atoms with Crippen molar-refractivity contribution in [3.8, 4) is 0 Å². The van der Waals surface area contributed by atoms with Crippen molar-refractivity contribution in [1.82, 2.24) is 5.01 Å². The van der Waals surface area contributed by atoms with Crippen LogP contribution in [-0.2, 0) is 0 Å². The van der Waals surface area contributed by atoms with Gasteiger partial charge in [0.25, 0.3) is 0 Å². The fourth-order valence-corrected chi connectivity index (χ4v) is 1.09. The number of rotatable bonds is 2. The molecular formula is C10H12N2. The minimum Gasteiger partial charge on any atom is -0.293 e. The van der Waals surface area contributed by atoms with Crippen LogP contribution < -0.4 is 0 Å². The maximum atomic E-state index is 4.41. The number of hydrogen-bond acceptors (Lipinski definition) is 2. The molecule has 62 valence electrons. The van der Waals surface area contributed by atoms with Crippen molar-refractivity contribution in [3.63, 3.8) is 0 Å². The molecule has 0 spiro atoms. The molecule has 1 aromatic carbocycles. The lowest BCUT2D eigenvalue weighted by Crippen LogP contribution is -1.97. The van der Waals surface area contributed by atoms with E-state index < -0.39 is 0 Å². The Morgan fingerprint density at radius 2 is 1.92 bits per heavy atom. The summed E-state index contributed by atoms with van der Waals surface area (Å²) in [7, 11) is 0. The van der Waals surface area contributed by atoms with Crippen molar-refractivity contribution in [2.75, 3.05) is 13.1 Å². The average Bonchev–Trinajstić information content (AvgIpc) is 2.90. The maximum absolute atomic E-state index is 4.41. The van der Waals surface area contributed by atoms with E-state index >= 15 is 0 Å². The first-order chi connectivity index (χ1) is 5.86. The molecule has 12 heavy (non-hydrogen) atoms. The Morgan fingerprint density at radius 1 is 1.25 bits per heavy atom. The lowest BCUT2D eigenvalue weighted by molar-refractivity contribution is 0.607. The molecule has 1 aromatic rings. The number of benzene rings is 1. The zero-order valence-electron chi connectivity index (χ0n) is 7.20. The molecule has 0 aliphatic carbocycles. The highest BCUT2D eigenvalue weighted by atomic mass is 15.5. The smallest absolute Gasteiger partial charge is 0.0646 e. The van der Waals surface area contributed by atoms with Crippen LogP contribution in [0.4, 0.5) is 0 Å². The van der Waals surface area contributed by atoms with Crippen molar-refractivity contribution in [2.24, 2.45) is 5.10 Å². The van der Waals surface area contributed by atoms with Crippen LogP contribution in [0, 0.1) is 0 Å². The normalized spacial score (nSPS) is 16.4. The first-order valence-corrected chi connectivity index (χ1v) is 4.22. The number of hydrazone groups is 1. The van der Waals surface area contributed by atoms with Crippen molar-refractivity contribution >= 4 is 5.71 Å². The van der Waals surface area contributed by atoms with E-state index in [0.717, 1.165) is 18.8 Å². The predicted molar refractivity (Wildman–Crippen MR) is 50.2 cm³/mol. The van der Waals surface area contributed by atoms with Crippen LogP contribution in [0.25, 0.3) is 0 Å². The van der Waals surface area contributed by atoms with Crippen LogP contribution in [0.3, 0.4) is 0 Å². The molecule has 1 aliphatic rings. The Balaban J connectivity index is 2.18. The number of hydrogen-bond donors (Lipinski definition) is 0. The van der Waals surface area contributed by atoms with Gasteiger partial charge in [-0.2, -0.15) is 5.10 Å². The van der Waals surface area contributed by atoms with Gasteiger partial charge < -0.3 is 0 Å². The first-order valence-electron chi connectivity index (χ1n) is 4.22. The Morgan fingerprint density at radius 3 is 2.50 bits per heavy atom. The van der Waals surface area contributed by atoms with Crippen molar-refractivity contribution in [1.29, 1.82) is 0 Å². The fourth-order valence-electron chi connectivity index (χ4n) is 1.09. The van der Waals surface area contributed by atoms with Crippen LogP contribution in [-0.4, -0.2) is 23.8 Å². The van der Waals surface area contributed by atoms with Gasteiger partial charge in [-0.3, -0.25) is 5.01 Å². The standard InChI is InChI=1S/C10H12N2/c1-9(11-12-7-8-12)10-5-3-2-4-6-10/h2-6H,7-8H2,1H3/b11-9+. The van der Waals surface area contributed by atoms with E-state index in [9.17, 15) is 0 Å². The van der Waals surface area contributed by atoms with Gasteiger partial charge in [0, 0.05) is 0 Å². The Bertz CT molecular complexity index is 286. The van der Waals surface area contributed by atoms with Crippen molar-refractivity contribution < 1.29 is 0 Å². The summed E-state index contributed by atoms with van der Waals surface area (Å²) in [6, 6.07) is 10.3. The summed E-state index contributed by atoms with van der Waals surface area (Å²) in [5.41, 5.74) is 2.32. The second-order valence-electron chi connectivity index (χ2n) is 3.01. The summed E-state index contributed by atoms with van der Waals surface area (Å²) in [5, 5.41) is 6.47. The fraction of sp³-hybridized carbons (Fsp3) is 0.300. The summed E-state index contributed by atoms with van der Waals surface area (Å²) in [6.45, 7) is 4.28. The predicted octanol–water partition coefficient (Wildman–Crippen LogP) is 1.73. The zero-order valence-corrected chi connectivity index (χ0v) is 7.20. The molecule has 1 heterocycles. The van der Waals surface area contributed by atoms with Gasteiger partial charge in [0.2, 0.25) is 0 Å². The van der Waals surface area contributed by atoms with E-state index in [1.165, 1.54) is 5.56 Å². The molecule has 0 aromatic heterocycles. The van der Waals surface area contributed by atoms with E-state index in [0.29, 0.717) is 0 Å². The SMILES string of the molecule is C/C(=N\N1CC1)c1ccccc1. The molecule has 0 radical (unpaired) electrons. The van der Waals surface area contributed by atoms with E-state index in [1.54, 1.807) is 0 Å². The highest BCUT2D eigenvalue weighted by Crippen LogP contribution is 2.07. The van der Waals surface area contributed by atoms with Gasteiger partial charge in [-0.1, -0.05) is 30.3 Å². The molecule has 0 bridgehead atoms. The van der Waals surface area contributed by atoms with Crippen LogP contribution >= 0.6 is 0 Å². The summed E-state index contributed by atoms with van der Waals surface area (Å²) in [6.07, 6.45) is 0. The summed E-state index contributed by atoms with van der Waals surface area (Å²) in [4.78, 5) is 0. The van der Waals surface area contributed by atoms with E-state index in [2.05, 4.69) is 22.2 Å². The van der Waals surface area contributed by atoms with Crippen molar-refractivity contribution in [2.45, 2.75) is 6.92 Å². The quantitative estimate of drug-likeness (QED) is 0.475. The molecular weight excluding hydrogens is 148 g/mol. The Labute approximate surface area is 72.5 Å². The Hall–Kier alpha value is -1.31. The summed E-state index contributed by atoms with van der Waals surface area (Å²) < 4.78 is 0. The van der Waals surface area contributed by atoms with E-state index in [1.807, 2.05) is 25.1 Å². The van der Waals surface area contributed by atoms with Gasteiger partial charge in [-0.15, -0.1) is 0 Å². The molecule has 0 amide bonds. The van der Waals surface area contributed by atoms with Crippen LogP contribution in [0.15, 0.2) is 35.4 Å². The molecule has 1 aliphatic heterocycles. The molecule has 1 fully saturated rings. The van der Waals surface area contributed by atoms with Crippen LogP contribution in [0.5, 0.6) is 0 Å². The molecule has 1 saturated heterocycles. The minimum atomic E-state index is 1.10. The minimum absolute atomic E-state index is 1.10. The lowest BCUT2D eigenvalue weighted by atomic mass is 10.1. The third-order valence-corrected chi connectivity index (χ3v) is 1.91. The molecule has 2 heteroatoms. The molecule has 0 saturated carbocycles. The largest absolute Gasteiger partial charge is 0.293 e. The van der Waals surface area contributed by atoms with Gasteiger partial charge in [-0.25, -0.2) is 0 Å². The monoisotopic (exact) mass is 160 g/mol. The highest BCUT2D eigenvalue weighted by molar-refractivity contribution is 5.98. The third-order valence-electron chi connectivity index (χ3n) is 1.91. The topological polar surface area (TPSA) is 15.4 Å². The van der Waals surface area contributed by atoms with Gasteiger partial charge in [0.15, 0.2) is 0 Å². The molecule has 0 atom stereocenters. The van der Waals surface area contributed by atoms with Crippen molar-refractivity contribution in [3.05, 3.63) is 35.9 Å². The van der Waals surface area contributed by atoms with Gasteiger partial charge >= 0.3 is 0 Å². The highest BCUT2D eigenvalue weighted by Gasteiger charge is 2.14. The average molecular weight is 160 g/mol. The maximum Gasteiger partial charge on any atom is 0.0646 e. The molecule has 0 unspecified atom stereocenters. The molecule has 0 N–H and O–H groups in total. The van der Waals surface area contributed by atoms with Crippen LogP contribution in [0.1, 0.15) is 12.5 Å². The molecule has 2 nitrogen and oxygen atoms in total. The lowest BCUT2D eigenvalue weighted by Gasteiger charge is -1.99. The Kier molecular flexibility index (Phi) is 1.82. The van der Waals surface area contributed by atoms with Crippen LogP contribution in [0.2, 0.25) is 0 Å². The van der Waals surface area contributed by atoms with Gasteiger partial charge in [0.1, 0.15) is 0 Å². The van der Waals surface area contributed by atoms with E-state index in [4.69, 9.17) is 0 Å². The third kappa shape index (κ3) is 1.64. The first kappa shape index (κ1) is 7.35. The molecule has 2 rings (SSSR count). The second kappa shape index (κ2) is 2.97. The second-order valence-corrected chi connectivity index (χ2v) is 3.01. The number of nitrogens with zero attached hydrogens (tertiary/aromatic N) is 2. The summed E-state index contributed by atoms with van der Waals surface area (Å²) >= 11 is 0. The summed E-state index contributed by atoms with van der Waals surface area (Å²) in [5.74, 6) is 0. The van der Waals surface area contributed by atoms with Gasteiger partial charge in [0.05, 0.1) is 18.8 Å².